The van der Waals surface area contributed by atoms with E-state index in [4.69, 9.17) is 5.11 Å². The fourth-order valence-corrected chi connectivity index (χ4v) is 1.30. The maximum Gasteiger partial charge on any atom is 0.407 e. The molecule has 1 saturated heterocycles. The lowest BCUT2D eigenvalue weighted by atomic mass is 10.0. The molecule has 1 aliphatic rings. The normalized spacial score (nSPS) is 23.3. The van der Waals surface area contributed by atoms with E-state index in [1.165, 1.54) is 4.90 Å². The van der Waals surface area contributed by atoms with Crippen LogP contribution in [0, 0.1) is 0 Å². The SMILES string of the molecule is CC1(C)CN(C(=O)O)CCN1. The fraction of sp³-hybridized carbons (Fsp3) is 0.857. The summed E-state index contributed by atoms with van der Waals surface area (Å²) in [5, 5.41) is 11.9. The first kappa shape index (κ1) is 8.33. The Morgan fingerprint density at radius 2 is 2.27 bits per heavy atom. The molecule has 1 heterocycles. The first-order valence-corrected chi connectivity index (χ1v) is 3.74. The third-order valence-electron chi connectivity index (χ3n) is 1.84. The minimum Gasteiger partial charge on any atom is -0.465 e. The van der Waals surface area contributed by atoms with E-state index in [2.05, 4.69) is 5.32 Å². The van der Waals surface area contributed by atoms with Gasteiger partial charge in [0, 0.05) is 25.2 Å². The van der Waals surface area contributed by atoms with Crippen LogP contribution in [0.25, 0.3) is 0 Å². The summed E-state index contributed by atoms with van der Waals surface area (Å²) in [5.41, 5.74) is -0.0728. The molecule has 0 aromatic carbocycles. The van der Waals surface area contributed by atoms with Crippen molar-refractivity contribution in [3.8, 4) is 0 Å². The third kappa shape index (κ3) is 2.08. The fourth-order valence-electron chi connectivity index (χ4n) is 1.30. The molecular weight excluding hydrogens is 144 g/mol. The van der Waals surface area contributed by atoms with Crippen LogP contribution in [0.1, 0.15) is 13.8 Å². The zero-order valence-electron chi connectivity index (χ0n) is 6.92. The van der Waals surface area contributed by atoms with Crippen LogP contribution in [-0.2, 0) is 0 Å². The maximum atomic E-state index is 10.5. The van der Waals surface area contributed by atoms with E-state index < -0.39 is 6.09 Å². The Morgan fingerprint density at radius 1 is 1.64 bits per heavy atom. The number of carbonyl (C=O) groups is 1. The molecule has 4 heteroatoms. The topological polar surface area (TPSA) is 52.6 Å². The van der Waals surface area contributed by atoms with Crippen molar-refractivity contribution in [1.82, 2.24) is 10.2 Å². The van der Waals surface area contributed by atoms with Crippen molar-refractivity contribution >= 4 is 6.09 Å². The lowest BCUT2D eigenvalue weighted by Crippen LogP contribution is -2.58. The van der Waals surface area contributed by atoms with Gasteiger partial charge in [0.1, 0.15) is 0 Å². The zero-order chi connectivity index (χ0) is 8.48. The minimum absolute atomic E-state index is 0.0728. The molecule has 1 rings (SSSR count). The van der Waals surface area contributed by atoms with Crippen LogP contribution in [0.3, 0.4) is 0 Å². The summed E-state index contributed by atoms with van der Waals surface area (Å²) in [7, 11) is 0. The van der Waals surface area contributed by atoms with E-state index in [1.807, 2.05) is 13.8 Å². The molecule has 0 aliphatic carbocycles. The standard InChI is InChI=1S/C7H14N2O2/c1-7(2)5-9(6(10)11)4-3-8-7/h8H,3-5H2,1-2H3,(H,10,11). The molecule has 4 nitrogen and oxygen atoms in total. The Hall–Kier alpha value is -0.770. The van der Waals surface area contributed by atoms with Crippen LogP contribution >= 0.6 is 0 Å². The first-order chi connectivity index (χ1) is 5.01. The Bertz CT molecular complexity index is 168. The smallest absolute Gasteiger partial charge is 0.407 e. The summed E-state index contributed by atoms with van der Waals surface area (Å²) in [5.74, 6) is 0. The van der Waals surface area contributed by atoms with Crippen molar-refractivity contribution in [1.29, 1.82) is 0 Å². The largest absolute Gasteiger partial charge is 0.465 e. The number of piperazine rings is 1. The molecular formula is C7H14N2O2. The van der Waals surface area contributed by atoms with Gasteiger partial charge in [-0.25, -0.2) is 4.79 Å². The summed E-state index contributed by atoms with van der Waals surface area (Å²) >= 11 is 0. The van der Waals surface area contributed by atoms with Gasteiger partial charge in [-0.05, 0) is 13.8 Å². The maximum absolute atomic E-state index is 10.5. The van der Waals surface area contributed by atoms with Crippen LogP contribution in [0.4, 0.5) is 4.79 Å². The molecule has 0 atom stereocenters. The summed E-state index contributed by atoms with van der Waals surface area (Å²) in [6.07, 6.45) is -0.820. The lowest BCUT2D eigenvalue weighted by Gasteiger charge is -2.37. The predicted molar refractivity (Wildman–Crippen MR) is 41.7 cm³/mol. The molecule has 64 valence electrons. The van der Waals surface area contributed by atoms with Crippen molar-refractivity contribution in [3.05, 3.63) is 0 Å². The van der Waals surface area contributed by atoms with Gasteiger partial charge in [0.05, 0.1) is 0 Å². The second-order valence-corrected chi connectivity index (χ2v) is 3.51. The van der Waals surface area contributed by atoms with Gasteiger partial charge in [-0.15, -0.1) is 0 Å². The Balaban J connectivity index is 2.53. The third-order valence-corrected chi connectivity index (χ3v) is 1.84. The highest BCUT2D eigenvalue weighted by Crippen LogP contribution is 2.09. The quantitative estimate of drug-likeness (QED) is 0.534. The Kier molecular flexibility index (Phi) is 2.04. The number of hydrogen-bond donors (Lipinski definition) is 2. The van der Waals surface area contributed by atoms with Crippen molar-refractivity contribution in [2.24, 2.45) is 0 Å². The highest BCUT2D eigenvalue weighted by atomic mass is 16.4. The molecule has 0 unspecified atom stereocenters. The Morgan fingerprint density at radius 3 is 2.64 bits per heavy atom. The zero-order valence-corrected chi connectivity index (χ0v) is 6.92. The molecule has 0 radical (unpaired) electrons. The molecule has 0 aromatic heterocycles. The van der Waals surface area contributed by atoms with E-state index >= 15 is 0 Å². The van der Waals surface area contributed by atoms with Gasteiger partial charge in [-0.3, -0.25) is 0 Å². The number of nitrogens with zero attached hydrogens (tertiary/aromatic N) is 1. The van der Waals surface area contributed by atoms with E-state index in [9.17, 15) is 4.79 Å². The molecule has 1 fully saturated rings. The average molecular weight is 158 g/mol. The van der Waals surface area contributed by atoms with Gasteiger partial charge in [-0.2, -0.15) is 0 Å². The highest BCUT2D eigenvalue weighted by molar-refractivity contribution is 5.65. The van der Waals surface area contributed by atoms with Gasteiger partial charge in [0.25, 0.3) is 0 Å². The van der Waals surface area contributed by atoms with Crippen LogP contribution in [0.2, 0.25) is 0 Å². The molecule has 11 heavy (non-hydrogen) atoms. The minimum atomic E-state index is -0.820. The molecule has 1 amide bonds. The van der Waals surface area contributed by atoms with Gasteiger partial charge < -0.3 is 15.3 Å². The monoisotopic (exact) mass is 158 g/mol. The Labute approximate surface area is 66.2 Å². The van der Waals surface area contributed by atoms with Crippen LogP contribution < -0.4 is 5.32 Å². The molecule has 0 bridgehead atoms. The second kappa shape index (κ2) is 2.70. The summed E-state index contributed by atoms with van der Waals surface area (Å²) in [4.78, 5) is 12.0. The number of rotatable bonds is 0. The second-order valence-electron chi connectivity index (χ2n) is 3.51. The van der Waals surface area contributed by atoms with Crippen molar-refractivity contribution in [3.63, 3.8) is 0 Å². The van der Waals surface area contributed by atoms with Gasteiger partial charge in [0.15, 0.2) is 0 Å². The van der Waals surface area contributed by atoms with E-state index in [1.54, 1.807) is 0 Å². The highest BCUT2D eigenvalue weighted by Gasteiger charge is 2.27. The van der Waals surface area contributed by atoms with Gasteiger partial charge in [0.2, 0.25) is 0 Å². The number of nitrogens with one attached hydrogen (secondary N) is 1. The molecule has 0 aromatic rings. The summed E-state index contributed by atoms with van der Waals surface area (Å²) in [6.45, 7) is 5.92. The lowest BCUT2D eigenvalue weighted by molar-refractivity contribution is 0.113. The first-order valence-electron chi connectivity index (χ1n) is 3.74. The van der Waals surface area contributed by atoms with Crippen LogP contribution in [0.5, 0.6) is 0 Å². The predicted octanol–water partition coefficient (Wildman–Crippen LogP) is 0.348. The molecule has 2 N–H and O–H groups in total. The summed E-state index contributed by atoms with van der Waals surface area (Å²) in [6, 6.07) is 0. The van der Waals surface area contributed by atoms with Crippen molar-refractivity contribution in [2.45, 2.75) is 19.4 Å². The van der Waals surface area contributed by atoms with Gasteiger partial charge >= 0.3 is 6.09 Å². The van der Waals surface area contributed by atoms with E-state index in [0.29, 0.717) is 13.1 Å². The van der Waals surface area contributed by atoms with Crippen LogP contribution in [0.15, 0.2) is 0 Å². The summed E-state index contributed by atoms with van der Waals surface area (Å²) < 4.78 is 0. The number of carboxylic acid groups (broad SMARTS) is 1. The van der Waals surface area contributed by atoms with E-state index in [0.717, 1.165) is 6.54 Å². The van der Waals surface area contributed by atoms with Crippen LogP contribution in [-0.4, -0.2) is 41.3 Å². The number of amides is 1. The van der Waals surface area contributed by atoms with Gasteiger partial charge in [-0.1, -0.05) is 0 Å². The van der Waals surface area contributed by atoms with Crippen molar-refractivity contribution in [2.75, 3.05) is 19.6 Å². The average Bonchev–Trinajstić information content (AvgIpc) is 1.85. The molecule has 1 aliphatic heterocycles. The number of hydrogen-bond acceptors (Lipinski definition) is 2. The molecule has 0 spiro atoms. The molecule has 0 saturated carbocycles. The van der Waals surface area contributed by atoms with Crippen molar-refractivity contribution < 1.29 is 9.90 Å². The van der Waals surface area contributed by atoms with E-state index in [-0.39, 0.29) is 5.54 Å².